The van der Waals surface area contributed by atoms with Crippen molar-refractivity contribution < 1.29 is 4.79 Å². The fourth-order valence-corrected chi connectivity index (χ4v) is 2.35. The standard InChI is InChI=1S/C13H14N2OS/c1-9-4-3-5-10(7-6-9)12-11(8-16)17-13(14-2)15-12/h3-9H,1-2H3,(H,14,15). The molecule has 0 saturated carbocycles. The fraction of sp³-hybridized carbons (Fsp3) is 0.231. The third-order valence-electron chi connectivity index (χ3n) is 2.52. The first-order chi connectivity index (χ1) is 8.24. The molecule has 0 aromatic carbocycles. The highest BCUT2D eigenvalue weighted by atomic mass is 32.1. The van der Waals surface area contributed by atoms with Gasteiger partial charge in [0, 0.05) is 12.6 Å². The lowest BCUT2D eigenvalue weighted by molar-refractivity contribution is 0.112. The van der Waals surface area contributed by atoms with Crippen molar-refractivity contribution in [3.8, 4) is 0 Å². The van der Waals surface area contributed by atoms with E-state index in [-0.39, 0.29) is 0 Å². The van der Waals surface area contributed by atoms with Gasteiger partial charge in [0.25, 0.3) is 0 Å². The maximum atomic E-state index is 11.0. The summed E-state index contributed by atoms with van der Waals surface area (Å²) in [6.07, 6.45) is 11.1. The SMILES string of the molecule is CNc1nc(C2=CC=CC(C)C=C2)c(C=O)s1. The molecule has 0 amide bonds. The van der Waals surface area contributed by atoms with Gasteiger partial charge in [0.2, 0.25) is 0 Å². The van der Waals surface area contributed by atoms with Gasteiger partial charge >= 0.3 is 0 Å². The second-order valence-corrected chi connectivity index (χ2v) is 4.86. The van der Waals surface area contributed by atoms with Gasteiger partial charge in [-0.3, -0.25) is 4.79 Å². The number of hydrogen-bond acceptors (Lipinski definition) is 4. The zero-order chi connectivity index (χ0) is 12.3. The number of nitrogens with one attached hydrogen (secondary N) is 1. The zero-order valence-electron chi connectivity index (χ0n) is 9.81. The minimum Gasteiger partial charge on any atom is -0.365 e. The van der Waals surface area contributed by atoms with Gasteiger partial charge in [0.05, 0.1) is 10.6 Å². The van der Waals surface area contributed by atoms with Crippen molar-refractivity contribution in [2.24, 2.45) is 5.92 Å². The third-order valence-corrected chi connectivity index (χ3v) is 3.52. The molecule has 0 spiro atoms. The predicted octanol–water partition coefficient (Wildman–Crippen LogP) is 3.14. The second-order valence-electron chi connectivity index (χ2n) is 3.82. The van der Waals surface area contributed by atoms with Crippen molar-refractivity contribution in [2.45, 2.75) is 6.92 Å². The molecule has 88 valence electrons. The van der Waals surface area contributed by atoms with Crippen LogP contribution in [0.15, 0.2) is 30.4 Å². The normalized spacial score (nSPS) is 18.7. The zero-order valence-corrected chi connectivity index (χ0v) is 10.6. The van der Waals surface area contributed by atoms with Gasteiger partial charge in [-0.1, -0.05) is 48.6 Å². The highest BCUT2D eigenvalue weighted by molar-refractivity contribution is 7.17. The van der Waals surface area contributed by atoms with Crippen LogP contribution in [0.25, 0.3) is 5.57 Å². The van der Waals surface area contributed by atoms with E-state index in [1.54, 1.807) is 7.05 Å². The summed E-state index contributed by atoms with van der Waals surface area (Å²) in [6, 6.07) is 0. The molecule has 0 saturated heterocycles. The first-order valence-corrected chi connectivity index (χ1v) is 6.27. The Morgan fingerprint density at radius 2 is 2.29 bits per heavy atom. The summed E-state index contributed by atoms with van der Waals surface area (Å²) >= 11 is 1.37. The van der Waals surface area contributed by atoms with E-state index in [9.17, 15) is 4.79 Å². The van der Waals surface area contributed by atoms with E-state index in [2.05, 4.69) is 29.4 Å². The van der Waals surface area contributed by atoms with E-state index < -0.39 is 0 Å². The number of aromatic nitrogens is 1. The average molecular weight is 246 g/mol. The number of nitrogens with zero attached hydrogens (tertiary/aromatic N) is 1. The Morgan fingerprint density at radius 3 is 3.00 bits per heavy atom. The number of anilines is 1. The highest BCUT2D eigenvalue weighted by Gasteiger charge is 2.13. The molecule has 3 nitrogen and oxygen atoms in total. The number of carbonyl (C=O) groups excluding carboxylic acids is 1. The second kappa shape index (κ2) is 5.10. The van der Waals surface area contributed by atoms with Crippen LogP contribution in [0.5, 0.6) is 0 Å². The lowest BCUT2D eigenvalue weighted by Crippen LogP contribution is -1.89. The van der Waals surface area contributed by atoms with Crippen molar-refractivity contribution in [1.82, 2.24) is 4.98 Å². The van der Waals surface area contributed by atoms with E-state index in [0.717, 1.165) is 22.7 Å². The molecule has 4 heteroatoms. The summed E-state index contributed by atoms with van der Waals surface area (Å²) < 4.78 is 0. The van der Waals surface area contributed by atoms with E-state index in [1.807, 2.05) is 18.2 Å². The summed E-state index contributed by atoms with van der Waals surface area (Å²) in [4.78, 5) is 16.1. The minimum atomic E-state index is 0.408. The Hall–Kier alpha value is -1.68. The number of hydrogen-bond donors (Lipinski definition) is 1. The van der Waals surface area contributed by atoms with Crippen LogP contribution in [0.1, 0.15) is 22.3 Å². The van der Waals surface area contributed by atoms with Crippen LogP contribution >= 0.6 is 11.3 Å². The Labute approximate surface area is 105 Å². The Morgan fingerprint density at radius 1 is 1.47 bits per heavy atom. The molecular formula is C13H14N2OS. The fourth-order valence-electron chi connectivity index (χ4n) is 1.59. The molecule has 1 aliphatic carbocycles. The van der Waals surface area contributed by atoms with Crippen LogP contribution in [-0.4, -0.2) is 18.3 Å². The van der Waals surface area contributed by atoms with Crippen molar-refractivity contribution in [3.05, 3.63) is 41.0 Å². The minimum absolute atomic E-state index is 0.408. The molecule has 0 aliphatic heterocycles. The number of carbonyl (C=O) groups is 1. The molecule has 1 unspecified atom stereocenters. The maximum absolute atomic E-state index is 11.0. The molecule has 1 heterocycles. The molecule has 0 fully saturated rings. The van der Waals surface area contributed by atoms with Crippen molar-refractivity contribution >= 4 is 28.3 Å². The van der Waals surface area contributed by atoms with Crippen LogP contribution in [-0.2, 0) is 0 Å². The van der Waals surface area contributed by atoms with E-state index in [1.165, 1.54) is 11.3 Å². The smallest absolute Gasteiger partial charge is 0.183 e. The third kappa shape index (κ3) is 2.53. The van der Waals surface area contributed by atoms with Crippen LogP contribution < -0.4 is 5.32 Å². The topological polar surface area (TPSA) is 42.0 Å². The van der Waals surface area contributed by atoms with Crippen LogP contribution in [0.2, 0.25) is 0 Å². The van der Waals surface area contributed by atoms with Crippen molar-refractivity contribution in [1.29, 1.82) is 0 Å². The Bertz CT molecular complexity index is 511. The van der Waals surface area contributed by atoms with Crippen molar-refractivity contribution in [2.75, 3.05) is 12.4 Å². The maximum Gasteiger partial charge on any atom is 0.183 e. The molecule has 17 heavy (non-hydrogen) atoms. The van der Waals surface area contributed by atoms with Gasteiger partial charge < -0.3 is 5.32 Å². The molecule has 1 aromatic heterocycles. The summed E-state index contributed by atoms with van der Waals surface area (Å²) in [7, 11) is 1.80. The summed E-state index contributed by atoms with van der Waals surface area (Å²) in [6.45, 7) is 2.12. The van der Waals surface area contributed by atoms with Crippen LogP contribution in [0.4, 0.5) is 5.13 Å². The number of rotatable bonds is 3. The van der Waals surface area contributed by atoms with Gasteiger partial charge in [-0.15, -0.1) is 0 Å². The molecule has 2 rings (SSSR count). The molecule has 0 bridgehead atoms. The molecular weight excluding hydrogens is 232 g/mol. The van der Waals surface area contributed by atoms with Crippen molar-refractivity contribution in [3.63, 3.8) is 0 Å². The average Bonchev–Trinajstić information content (AvgIpc) is 2.65. The lowest BCUT2D eigenvalue weighted by Gasteiger charge is -1.97. The number of allylic oxidation sites excluding steroid dienone is 6. The summed E-state index contributed by atoms with van der Waals surface area (Å²) in [5, 5.41) is 3.73. The van der Waals surface area contributed by atoms with Gasteiger partial charge in [0.15, 0.2) is 11.4 Å². The molecule has 1 aromatic rings. The Kier molecular flexibility index (Phi) is 3.54. The van der Waals surface area contributed by atoms with Gasteiger partial charge in [-0.25, -0.2) is 4.98 Å². The van der Waals surface area contributed by atoms with E-state index >= 15 is 0 Å². The molecule has 1 aliphatic rings. The van der Waals surface area contributed by atoms with Crippen LogP contribution in [0, 0.1) is 5.92 Å². The first kappa shape index (κ1) is 11.8. The van der Waals surface area contributed by atoms with Crippen LogP contribution in [0.3, 0.4) is 0 Å². The summed E-state index contributed by atoms with van der Waals surface area (Å²) in [5.74, 6) is 0.408. The van der Waals surface area contributed by atoms with E-state index in [0.29, 0.717) is 10.8 Å². The summed E-state index contributed by atoms with van der Waals surface area (Å²) in [5.41, 5.74) is 1.73. The monoisotopic (exact) mass is 246 g/mol. The highest BCUT2D eigenvalue weighted by Crippen LogP contribution is 2.28. The quantitative estimate of drug-likeness (QED) is 0.833. The number of thiazole rings is 1. The lowest BCUT2D eigenvalue weighted by atomic mass is 10.1. The van der Waals surface area contributed by atoms with Gasteiger partial charge in [-0.05, 0) is 5.92 Å². The predicted molar refractivity (Wildman–Crippen MR) is 72.5 cm³/mol. The van der Waals surface area contributed by atoms with E-state index in [4.69, 9.17) is 0 Å². The Balaban J connectivity index is 2.43. The molecule has 1 N–H and O–H groups in total. The number of aldehydes is 1. The first-order valence-electron chi connectivity index (χ1n) is 5.45. The largest absolute Gasteiger partial charge is 0.365 e. The molecule has 1 atom stereocenters. The van der Waals surface area contributed by atoms with Gasteiger partial charge in [0.1, 0.15) is 0 Å². The molecule has 0 radical (unpaired) electrons. The van der Waals surface area contributed by atoms with Gasteiger partial charge in [-0.2, -0.15) is 0 Å².